The summed E-state index contributed by atoms with van der Waals surface area (Å²) in [7, 11) is 0. The normalized spacial score (nSPS) is 18.4. The standard InChI is InChI=1S/C15H16N2O3/c16-9-8-11-4-6-12(7-5-11)14(18)17-10-2-1-3-13(17)15(19)20/h4-7,13H,1-3,8,10H2,(H,19,20). The van der Waals surface area contributed by atoms with Crippen LogP contribution in [0.15, 0.2) is 24.3 Å². The molecule has 5 heteroatoms. The predicted octanol–water partition coefficient (Wildman–Crippen LogP) is 1.83. The number of benzene rings is 1. The number of carbonyl (C=O) groups excluding carboxylic acids is 1. The van der Waals surface area contributed by atoms with E-state index in [0.29, 0.717) is 24.9 Å². The molecular weight excluding hydrogens is 256 g/mol. The van der Waals surface area contributed by atoms with Crippen LogP contribution in [-0.4, -0.2) is 34.5 Å². The van der Waals surface area contributed by atoms with Gasteiger partial charge in [-0.1, -0.05) is 12.1 Å². The van der Waals surface area contributed by atoms with Gasteiger partial charge in [0, 0.05) is 12.1 Å². The number of carboxylic acids is 1. The van der Waals surface area contributed by atoms with Gasteiger partial charge in [0.15, 0.2) is 0 Å². The molecule has 1 amide bonds. The summed E-state index contributed by atoms with van der Waals surface area (Å²) in [6.45, 7) is 0.482. The van der Waals surface area contributed by atoms with Crippen LogP contribution >= 0.6 is 0 Å². The van der Waals surface area contributed by atoms with Crippen molar-refractivity contribution in [2.45, 2.75) is 31.7 Å². The highest BCUT2D eigenvalue weighted by atomic mass is 16.4. The van der Waals surface area contributed by atoms with E-state index >= 15 is 0 Å². The van der Waals surface area contributed by atoms with Crippen molar-refractivity contribution in [2.24, 2.45) is 0 Å². The maximum Gasteiger partial charge on any atom is 0.326 e. The van der Waals surface area contributed by atoms with E-state index in [1.165, 1.54) is 4.90 Å². The molecule has 0 aromatic heterocycles. The lowest BCUT2D eigenvalue weighted by Crippen LogP contribution is -2.47. The van der Waals surface area contributed by atoms with Gasteiger partial charge in [0.05, 0.1) is 12.5 Å². The summed E-state index contributed by atoms with van der Waals surface area (Å²) in [6.07, 6.45) is 2.48. The van der Waals surface area contributed by atoms with Gasteiger partial charge in [0.2, 0.25) is 0 Å². The molecule has 104 valence electrons. The van der Waals surface area contributed by atoms with Crippen molar-refractivity contribution >= 4 is 11.9 Å². The fourth-order valence-electron chi connectivity index (χ4n) is 2.45. The van der Waals surface area contributed by atoms with E-state index in [0.717, 1.165) is 18.4 Å². The minimum Gasteiger partial charge on any atom is -0.480 e. The van der Waals surface area contributed by atoms with Crippen molar-refractivity contribution in [1.29, 1.82) is 5.26 Å². The van der Waals surface area contributed by atoms with Crippen LogP contribution in [0.4, 0.5) is 0 Å². The van der Waals surface area contributed by atoms with Crippen LogP contribution < -0.4 is 0 Å². The van der Waals surface area contributed by atoms with E-state index in [4.69, 9.17) is 5.26 Å². The van der Waals surface area contributed by atoms with Crippen LogP contribution in [-0.2, 0) is 11.2 Å². The fourth-order valence-corrected chi connectivity index (χ4v) is 2.45. The van der Waals surface area contributed by atoms with Crippen LogP contribution in [0.25, 0.3) is 0 Å². The van der Waals surface area contributed by atoms with E-state index in [9.17, 15) is 14.7 Å². The number of carboxylic acid groups (broad SMARTS) is 1. The molecule has 1 saturated heterocycles. The van der Waals surface area contributed by atoms with E-state index in [-0.39, 0.29) is 5.91 Å². The quantitative estimate of drug-likeness (QED) is 0.910. The lowest BCUT2D eigenvalue weighted by atomic mass is 10.0. The van der Waals surface area contributed by atoms with Crippen LogP contribution in [0.3, 0.4) is 0 Å². The van der Waals surface area contributed by atoms with Gasteiger partial charge in [0.1, 0.15) is 6.04 Å². The smallest absolute Gasteiger partial charge is 0.326 e. The Balaban J connectivity index is 2.16. The molecular formula is C15H16N2O3. The van der Waals surface area contributed by atoms with Crippen molar-refractivity contribution in [3.63, 3.8) is 0 Å². The Morgan fingerprint density at radius 3 is 2.60 bits per heavy atom. The SMILES string of the molecule is N#CCc1ccc(C(=O)N2CCCCC2C(=O)O)cc1. The molecule has 1 N–H and O–H groups in total. The number of rotatable bonds is 3. The number of hydrogen-bond acceptors (Lipinski definition) is 3. The second-order valence-electron chi connectivity index (χ2n) is 4.88. The fraction of sp³-hybridized carbons (Fsp3) is 0.400. The number of nitrogens with zero attached hydrogens (tertiary/aromatic N) is 2. The summed E-state index contributed by atoms with van der Waals surface area (Å²) >= 11 is 0. The zero-order valence-electron chi connectivity index (χ0n) is 11.1. The molecule has 2 rings (SSSR count). The molecule has 0 radical (unpaired) electrons. The molecule has 5 nitrogen and oxygen atoms in total. The summed E-state index contributed by atoms with van der Waals surface area (Å²) in [5, 5.41) is 17.8. The Labute approximate surface area is 117 Å². The van der Waals surface area contributed by atoms with E-state index in [2.05, 4.69) is 0 Å². The highest BCUT2D eigenvalue weighted by Crippen LogP contribution is 2.20. The molecule has 1 unspecified atom stereocenters. The topological polar surface area (TPSA) is 81.4 Å². The number of carbonyl (C=O) groups is 2. The lowest BCUT2D eigenvalue weighted by Gasteiger charge is -2.33. The van der Waals surface area contributed by atoms with Crippen LogP contribution in [0, 0.1) is 11.3 Å². The van der Waals surface area contributed by atoms with E-state index in [1.807, 2.05) is 6.07 Å². The summed E-state index contributed by atoms with van der Waals surface area (Å²) in [5.41, 5.74) is 1.32. The van der Waals surface area contributed by atoms with Gasteiger partial charge in [-0.15, -0.1) is 0 Å². The Kier molecular flexibility index (Phi) is 4.36. The Morgan fingerprint density at radius 1 is 1.30 bits per heavy atom. The summed E-state index contributed by atoms with van der Waals surface area (Å²) in [4.78, 5) is 25.0. The number of hydrogen-bond donors (Lipinski definition) is 1. The van der Waals surface area contributed by atoms with Crippen molar-refractivity contribution < 1.29 is 14.7 Å². The van der Waals surface area contributed by atoms with Gasteiger partial charge in [-0.05, 0) is 37.0 Å². The first-order valence-electron chi connectivity index (χ1n) is 6.63. The monoisotopic (exact) mass is 272 g/mol. The zero-order valence-corrected chi connectivity index (χ0v) is 11.1. The number of likely N-dealkylation sites (tertiary alicyclic amines) is 1. The van der Waals surface area contributed by atoms with Crippen molar-refractivity contribution in [3.8, 4) is 6.07 Å². The van der Waals surface area contributed by atoms with Gasteiger partial charge in [-0.3, -0.25) is 4.79 Å². The van der Waals surface area contributed by atoms with Crippen LogP contribution in [0.1, 0.15) is 35.2 Å². The lowest BCUT2D eigenvalue weighted by molar-refractivity contribution is -0.143. The Hall–Kier alpha value is -2.35. The molecule has 1 aromatic carbocycles. The van der Waals surface area contributed by atoms with Crippen LogP contribution in [0.2, 0.25) is 0 Å². The largest absolute Gasteiger partial charge is 0.480 e. The van der Waals surface area contributed by atoms with Gasteiger partial charge < -0.3 is 10.0 Å². The van der Waals surface area contributed by atoms with Gasteiger partial charge >= 0.3 is 5.97 Å². The average Bonchev–Trinajstić information content (AvgIpc) is 2.47. The molecule has 1 atom stereocenters. The third-order valence-corrected chi connectivity index (χ3v) is 3.53. The first kappa shape index (κ1) is 14.1. The third kappa shape index (κ3) is 2.97. The van der Waals surface area contributed by atoms with E-state index < -0.39 is 12.0 Å². The molecule has 0 saturated carbocycles. The average molecular weight is 272 g/mol. The zero-order chi connectivity index (χ0) is 14.5. The number of aliphatic carboxylic acids is 1. The summed E-state index contributed by atoms with van der Waals surface area (Å²) in [6, 6.07) is 8.09. The predicted molar refractivity (Wildman–Crippen MR) is 72.1 cm³/mol. The molecule has 1 aliphatic rings. The number of nitriles is 1. The molecule has 20 heavy (non-hydrogen) atoms. The minimum absolute atomic E-state index is 0.249. The Morgan fingerprint density at radius 2 is 2.00 bits per heavy atom. The maximum atomic E-state index is 12.4. The van der Waals surface area contributed by atoms with Crippen molar-refractivity contribution in [1.82, 2.24) is 4.90 Å². The first-order valence-corrected chi connectivity index (χ1v) is 6.63. The van der Waals surface area contributed by atoms with Gasteiger partial charge in [-0.2, -0.15) is 5.26 Å². The molecule has 1 aromatic rings. The van der Waals surface area contributed by atoms with Gasteiger partial charge in [-0.25, -0.2) is 4.79 Å². The highest BCUT2D eigenvalue weighted by Gasteiger charge is 2.32. The van der Waals surface area contributed by atoms with Crippen molar-refractivity contribution in [2.75, 3.05) is 6.54 Å². The van der Waals surface area contributed by atoms with Crippen LogP contribution in [0.5, 0.6) is 0 Å². The molecule has 1 heterocycles. The summed E-state index contributed by atoms with van der Waals surface area (Å²) < 4.78 is 0. The Bertz CT molecular complexity index is 545. The van der Waals surface area contributed by atoms with Crippen molar-refractivity contribution in [3.05, 3.63) is 35.4 Å². The highest BCUT2D eigenvalue weighted by molar-refractivity contribution is 5.96. The van der Waals surface area contributed by atoms with E-state index in [1.54, 1.807) is 24.3 Å². The molecule has 0 aliphatic carbocycles. The number of amides is 1. The summed E-state index contributed by atoms with van der Waals surface area (Å²) in [5.74, 6) is -1.19. The van der Waals surface area contributed by atoms with Gasteiger partial charge in [0.25, 0.3) is 5.91 Å². The maximum absolute atomic E-state index is 12.4. The first-order chi connectivity index (χ1) is 9.63. The molecule has 0 spiro atoms. The molecule has 1 aliphatic heterocycles. The molecule has 1 fully saturated rings. The third-order valence-electron chi connectivity index (χ3n) is 3.53. The number of piperidine rings is 1. The molecule has 0 bridgehead atoms. The second kappa shape index (κ2) is 6.20. The second-order valence-corrected chi connectivity index (χ2v) is 4.88. The minimum atomic E-state index is -0.945.